The molecule has 1 aromatic rings. The van der Waals surface area contributed by atoms with Crippen molar-refractivity contribution in [2.24, 2.45) is 46.3 Å². The summed E-state index contributed by atoms with van der Waals surface area (Å²) >= 11 is 0. The summed E-state index contributed by atoms with van der Waals surface area (Å²) in [4.78, 5) is 30.2. The summed E-state index contributed by atoms with van der Waals surface area (Å²) in [6.07, 6.45) is 8.86. The summed E-state index contributed by atoms with van der Waals surface area (Å²) < 4.78 is 11.7. The summed E-state index contributed by atoms with van der Waals surface area (Å²) in [7, 11) is 0. The first-order chi connectivity index (χ1) is 21.6. The molecule has 5 fully saturated rings. The van der Waals surface area contributed by atoms with E-state index < -0.39 is 6.10 Å². The molecule has 248 valence electrons. The van der Waals surface area contributed by atoms with Gasteiger partial charge in [-0.15, -0.1) is 0 Å². The zero-order valence-electron chi connectivity index (χ0n) is 27.5. The van der Waals surface area contributed by atoms with Gasteiger partial charge >= 0.3 is 0 Å². The van der Waals surface area contributed by atoms with E-state index in [0.29, 0.717) is 79.6 Å². The first-order valence-corrected chi connectivity index (χ1v) is 17.9. The third kappa shape index (κ3) is 5.46. The molecule has 2 aliphatic heterocycles. The average Bonchev–Trinajstić information content (AvgIpc) is 3.41. The molecule has 4 saturated carbocycles. The molecule has 8 nitrogen and oxygen atoms in total. The highest BCUT2D eigenvalue weighted by molar-refractivity contribution is 5.82. The van der Waals surface area contributed by atoms with E-state index in [2.05, 4.69) is 20.8 Å². The zero-order chi connectivity index (χ0) is 31.5. The standard InChI is InChI=1S/C37H54N2O6/c1-23(8-11-33(42)38-16-18-39(19-17-38)35(43)32-22-44-30-6-4-5-7-31(30)45-32)26-9-10-27-34-28(13-15-37(26,27)3)36(2)14-12-25(40)20-24(36)21-29(34)41/h4-7,23-29,32,34,40-41H,8-22H2,1-3H3. The van der Waals surface area contributed by atoms with Gasteiger partial charge in [-0.2, -0.15) is 0 Å². The monoisotopic (exact) mass is 622 g/mol. The molecule has 0 radical (unpaired) electrons. The van der Waals surface area contributed by atoms with Crippen LogP contribution in [0, 0.1) is 46.3 Å². The third-order valence-electron chi connectivity index (χ3n) is 14.0. The molecule has 7 rings (SSSR count). The number of aliphatic hydroxyl groups is 2. The smallest absolute Gasteiger partial charge is 0.267 e. The van der Waals surface area contributed by atoms with Crippen LogP contribution in [0.2, 0.25) is 0 Å². The minimum atomic E-state index is -0.649. The Bertz CT molecular complexity index is 1270. The van der Waals surface area contributed by atoms with Gasteiger partial charge in [-0.05, 0) is 116 Å². The summed E-state index contributed by atoms with van der Waals surface area (Å²) in [5.74, 6) is 4.37. The molecule has 0 aromatic heterocycles. The number of hydrogen-bond acceptors (Lipinski definition) is 6. The third-order valence-corrected chi connectivity index (χ3v) is 14.0. The molecule has 8 heteroatoms. The fourth-order valence-corrected chi connectivity index (χ4v) is 11.4. The van der Waals surface area contributed by atoms with Gasteiger partial charge in [0.2, 0.25) is 12.0 Å². The van der Waals surface area contributed by atoms with Gasteiger partial charge in [0.05, 0.1) is 12.2 Å². The first kappa shape index (κ1) is 31.3. The van der Waals surface area contributed by atoms with Crippen molar-refractivity contribution in [3.63, 3.8) is 0 Å². The molecule has 1 aromatic carbocycles. The van der Waals surface area contributed by atoms with E-state index in [4.69, 9.17) is 9.47 Å². The van der Waals surface area contributed by atoms with E-state index in [1.165, 1.54) is 25.7 Å². The Kier molecular flexibility index (Phi) is 8.37. The van der Waals surface area contributed by atoms with Crippen molar-refractivity contribution in [2.45, 2.75) is 103 Å². The fraction of sp³-hybridized carbons (Fsp3) is 0.784. The maximum Gasteiger partial charge on any atom is 0.267 e. The van der Waals surface area contributed by atoms with Gasteiger partial charge in [0.1, 0.15) is 6.61 Å². The molecule has 1 saturated heterocycles. The highest BCUT2D eigenvalue weighted by Gasteiger charge is 2.62. The maximum atomic E-state index is 13.3. The van der Waals surface area contributed by atoms with E-state index in [1.54, 1.807) is 0 Å². The Hall–Kier alpha value is -2.32. The number of hydrogen-bond donors (Lipinski definition) is 2. The Labute approximate surface area is 268 Å². The highest BCUT2D eigenvalue weighted by atomic mass is 16.6. The highest BCUT2D eigenvalue weighted by Crippen LogP contribution is 2.68. The number of ether oxygens (including phenoxy) is 2. The molecule has 2 heterocycles. The van der Waals surface area contributed by atoms with Crippen molar-refractivity contribution in [3.05, 3.63) is 24.3 Å². The molecule has 4 aliphatic carbocycles. The second-order valence-electron chi connectivity index (χ2n) is 16.0. The fourth-order valence-electron chi connectivity index (χ4n) is 11.4. The predicted octanol–water partition coefficient (Wildman–Crippen LogP) is 4.90. The Morgan fingerprint density at radius 2 is 1.60 bits per heavy atom. The van der Waals surface area contributed by atoms with Gasteiger partial charge in [-0.1, -0.05) is 32.9 Å². The van der Waals surface area contributed by atoms with E-state index in [-0.39, 0.29) is 41.5 Å². The SMILES string of the molecule is CC(CCC(=O)N1CCN(C(=O)C2COc3ccccc3O2)CC1)C1CCC2C3C(O)CC4CC(O)CCC4(C)C3CCC12C. The lowest BCUT2D eigenvalue weighted by Crippen LogP contribution is -2.58. The minimum absolute atomic E-state index is 0.0716. The molecule has 0 spiro atoms. The van der Waals surface area contributed by atoms with Crippen LogP contribution >= 0.6 is 0 Å². The van der Waals surface area contributed by atoms with Gasteiger partial charge in [-0.25, -0.2) is 0 Å². The van der Waals surface area contributed by atoms with Crippen LogP contribution in [0.4, 0.5) is 0 Å². The quantitative estimate of drug-likeness (QED) is 0.485. The molecule has 11 atom stereocenters. The van der Waals surface area contributed by atoms with Gasteiger partial charge in [0, 0.05) is 32.6 Å². The average molecular weight is 623 g/mol. The Morgan fingerprint density at radius 3 is 2.38 bits per heavy atom. The van der Waals surface area contributed by atoms with E-state index in [1.807, 2.05) is 34.1 Å². The maximum absolute atomic E-state index is 13.3. The van der Waals surface area contributed by atoms with Crippen LogP contribution in [0.25, 0.3) is 0 Å². The van der Waals surface area contributed by atoms with Crippen LogP contribution in [0.5, 0.6) is 11.5 Å². The van der Waals surface area contributed by atoms with Crippen molar-refractivity contribution >= 4 is 11.8 Å². The zero-order valence-corrected chi connectivity index (χ0v) is 27.5. The molecule has 2 N–H and O–H groups in total. The molecular weight excluding hydrogens is 568 g/mol. The Morgan fingerprint density at radius 1 is 0.911 bits per heavy atom. The van der Waals surface area contributed by atoms with Gasteiger partial charge < -0.3 is 29.5 Å². The Balaban J connectivity index is 0.909. The lowest BCUT2D eigenvalue weighted by molar-refractivity contribution is -0.174. The second kappa shape index (κ2) is 12.0. The topological polar surface area (TPSA) is 99.5 Å². The number of piperazine rings is 1. The molecule has 2 amide bonds. The van der Waals surface area contributed by atoms with E-state index >= 15 is 0 Å². The lowest BCUT2D eigenvalue weighted by atomic mass is 9.43. The van der Waals surface area contributed by atoms with E-state index in [0.717, 1.165) is 32.1 Å². The van der Waals surface area contributed by atoms with Crippen molar-refractivity contribution in [1.82, 2.24) is 9.80 Å². The van der Waals surface area contributed by atoms with Crippen LogP contribution in [0.3, 0.4) is 0 Å². The molecule has 11 unspecified atom stereocenters. The second-order valence-corrected chi connectivity index (χ2v) is 16.0. The number of rotatable bonds is 5. The molecule has 0 bridgehead atoms. The lowest BCUT2D eigenvalue weighted by Gasteiger charge is -2.62. The van der Waals surface area contributed by atoms with E-state index in [9.17, 15) is 19.8 Å². The summed E-state index contributed by atoms with van der Waals surface area (Å²) in [6, 6.07) is 7.42. The summed E-state index contributed by atoms with van der Waals surface area (Å²) in [5.41, 5.74) is 0.469. The van der Waals surface area contributed by atoms with Crippen LogP contribution in [0.15, 0.2) is 24.3 Å². The number of benzene rings is 1. The predicted molar refractivity (Wildman–Crippen MR) is 171 cm³/mol. The summed E-state index contributed by atoms with van der Waals surface area (Å²) in [5, 5.41) is 21.9. The van der Waals surface area contributed by atoms with Gasteiger partial charge in [0.15, 0.2) is 11.5 Å². The van der Waals surface area contributed by atoms with Crippen molar-refractivity contribution in [1.29, 1.82) is 0 Å². The van der Waals surface area contributed by atoms with Crippen molar-refractivity contribution < 1.29 is 29.3 Å². The van der Waals surface area contributed by atoms with Crippen LogP contribution < -0.4 is 9.47 Å². The number of fused-ring (bicyclic) bond motifs is 6. The van der Waals surface area contributed by atoms with Crippen LogP contribution in [-0.4, -0.2) is 82.9 Å². The number of nitrogens with zero attached hydrogens (tertiary/aromatic N) is 2. The van der Waals surface area contributed by atoms with Crippen LogP contribution in [-0.2, 0) is 9.59 Å². The number of carbonyl (C=O) groups excluding carboxylic acids is 2. The number of para-hydroxylation sites is 2. The van der Waals surface area contributed by atoms with Gasteiger partial charge in [0.25, 0.3) is 5.91 Å². The molecular formula is C37H54N2O6. The largest absolute Gasteiger partial charge is 0.485 e. The van der Waals surface area contributed by atoms with Crippen molar-refractivity contribution in [3.8, 4) is 11.5 Å². The number of aliphatic hydroxyl groups excluding tert-OH is 2. The summed E-state index contributed by atoms with van der Waals surface area (Å²) in [6.45, 7) is 9.71. The first-order valence-electron chi connectivity index (χ1n) is 17.9. The number of amides is 2. The van der Waals surface area contributed by atoms with Crippen LogP contribution in [0.1, 0.15) is 85.0 Å². The normalized spacial score (nSPS) is 41.4. The molecule has 6 aliphatic rings. The van der Waals surface area contributed by atoms with Crippen molar-refractivity contribution in [2.75, 3.05) is 32.8 Å². The number of carbonyl (C=O) groups is 2. The molecule has 45 heavy (non-hydrogen) atoms. The van der Waals surface area contributed by atoms with Gasteiger partial charge in [-0.3, -0.25) is 9.59 Å². The minimum Gasteiger partial charge on any atom is -0.485 e.